The summed E-state index contributed by atoms with van der Waals surface area (Å²) in [4.78, 5) is 25.4. The number of rotatable bonds is 13. The lowest BCUT2D eigenvalue weighted by Crippen LogP contribution is -2.50. The summed E-state index contributed by atoms with van der Waals surface area (Å²) in [6, 6.07) is 25.6. The number of fused-ring (bicyclic) bond motifs is 3. The van der Waals surface area contributed by atoms with Crippen LogP contribution in [0.25, 0.3) is 22.3 Å². The molecule has 4 aromatic carbocycles. The minimum Gasteiger partial charge on any atom is -0.377 e. The SMILES string of the molecule is O=C(CNC(=O)c1ccccc1-c1ccc(C(F)(F)F)cc1)NCCCCCC1(C(O)NCC(F)(F)F)c2ccccc2-c2ccccc21. The molecule has 0 bridgehead atoms. The van der Waals surface area contributed by atoms with Gasteiger partial charge in [-0.2, -0.15) is 26.3 Å². The van der Waals surface area contributed by atoms with Gasteiger partial charge in [0.15, 0.2) is 0 Å². The summed E-state index contributed by atoms with van der Waals surface area (Å²) in [5.74, 6) is -1.01. The number of carbonyl (C=O) groups excluding carboxylic acids is 2. The molecule has 2 amide bonds. The first kappa shape index (κ1) is 35.6. The van der Waals surface area contributed by atoms with Crippen molar-refractivity contribution >= 4 is 11.8 Å². The zero-order chi connectivity index (χ0) is 35.2. The maximum Gasteiger partial charge on any atom is 0.416 e. The Balaban J connectivity index is 1.14. The standard InChI is InChI=1S/C37H35F6N3O3/c38-36(39,40)23-46-34(49)35(30-14-6-4-11-27(30)28-12-5-7-15-31(28)35)20-8-1-9-21-44-32(47)22-45-33(48)29-13-3-2-10-26(29)24-16-18-25(19-17-24)37(41,42)43/h2-7,10-19,34,46,49H,1,8-9,20-23H2,(H,44,47)(H,45,48). The molecule has 1 atom stereocenters. The van der Waals surface area contributed by atoms with Gasteiger partial charge in [0.05, 0.1) is 24.1 Å². The lowest BCUT2D eigenvalue weighted by molar-refractivity contribution is -0.137. The van der Waals surface area contributed by atoms with Gasteiger partial charge in [0.2, 0.25) is 5.91 Å². The van der Waals surface area contributed by atoms with Crippen LogP contribution in [-0.4, -0.2) is 49.0 Å². The number of aliphatic hydroxyl groups excluding tert-OH is 1. The van der Waals surface area contributed by atoms with Gasteiger partial charge >= 0.3 is 12.4 Å². The Hall–Kier alpha value is -4.68. The number of nitrogens with one attached hydrogen (secondary N) is 3. The fourth-order valence-corrected chi connectivity index (χ4v) is 6.47. The van der Waals surface area contributed by atoms with Crippen molar-refractivity contribution in [1.29, 1.82) is 0 Å². The Morgan fingerprint density at radius 1 is 0.694 bits per heavy atom. The Kier molecular flexibility index (Phi) is 10.8. The second-order valence-electron chi connectivity index (χ2n) is 11.9. The summed E-state index contributed by atoms with van der Waals surface area (Å²) >= 11 is 0. The second kappa shape index (κ2) is 14.8. The minimum atomic E-state index is -4.51. The van der Waals surface area contributed by atoms with E-state index in [4.69, 9.17) is 0 Å². The van der Waals surface area contributed by atoms with E-state index in [1.807, 2.05) is 36.4 Å². The first-order chi connectivity index (χ1) is 23.3. The van der Waals surface area contributed by atoms with Crippen LogP contribution in [0.4, 0.5) is 26.3 Å². The molecule has 49 heavy (non-hydrogen) atoms. The van der Waals surface area contributed by atoms with E-state index in [2.05, 4.69) is 16.0 Å². The monoisotopic (exact) mass is 683 g/mol. The van der Waals surface area contributed by atoms with Crippen molar-refractivity contribution in [3.63, 3.8) is 0 Å². The van der Waals surface area contributed by atoms with Gasteiger partial charge in [-0.05, 0) is 64.4 Å². The zero-order valence-electron chi connectivity index (χ0n) is 26.3. The van der Waals surface area contributed by atoms with Crippen LogP contribution in [-0.2, 0) is 16.4 Å². The van der Waals surface area contributed by atoms with Crippen molar-refractivity contribution in [2.75, 3.05) is 19.6 Å². The fraction of sp³-hybridized carbons (Fsp3) is 0.297. The molecule has 0 radical (unpaired) electrons. The van der Waals surface area contributed by atoms with Crippen molar-refractivity contribution in [3.8, 4) is 22.3 Å². The highest BCUT2D eigenvalue weighted by Crippen LogP contribution is 2.53. The highest BCUT2D eigenvalue weighted by molar-refractivity contribution is 6.02. The summed E-state index contributed by atoms with van der Waals surface area (Å²) in [6.07, 6.45) is -8.46. The molecule has 0 fully saturated rings. The molecule has 5 rings (SSSR count). The van der Waals surface area contributed by atoms with Crippen molar-refractivity contribution in [2.24, 2.45) is 0 Å². The van der Waals surface area contributed by atoms with Gasteiger partial charge in [-0.15, -0.1) is 0 Å². The molecule has 1 unspecified atom stereocenters. The summed E-state index contributed by atoms with van der Waals surface area (Å²) in [5, 5.41) is 18.9. The normalized spacial score (nSPS) is 14.1. The van der Waals surface area contributed by atoms with E-state index in [1.165, 1.54) is 18.2 Å². The van der Waals surface area contributed by atoms with Crippen LogP contribution in [0.15, 0.2) is 97.1 Å². The molecule has 1 aliphatic carbocycles. The van der Waals surface area contributed by atoms with Gasteiger partial charge in [0.25, 0.3) is 5.91 Å². The molecule has 6 nitrogen and oxygen atoms in total. The van der Waals surface area contributed by atoms with E-state index in [-0.39, 0.29) is 18.7 Å². The number of hydrogen-bond acceptors (Lipinski definition) is 4. The van der Waals surface area contributed by atoms with E-state index < -0.39 is 47.9 Å². The molecule has 258 valence electrons. The van der Waals surface area contributed by atoms with Crippen molar-refractivity contribution < 1.29 is 41.0 Å². The molecule has 0 heterocycles. The van der Waals surface area contributed by atoms with Gasteiger partial charge in [-0.3, -0.25) is 14.9 Å². The van der Waals surface area contributed by atoms with E-state index in [0.29, 0.717) is 36.8 Å². The summed E-state index contributed by atoms with van der Waals surface area (Å²) in [5.41, 5.74) is 2.35. The van der Waals surface area contributed by atoms with E-state index in [1.54, 1.807) is 30.3 Å². The van der Waals surface area contributed by atoms with E-state index in [0.717, 1.165) is 34.4 Å². The van der Waals surface area contributed by atoms with Gasteiger partial charge in [-0.1, -0.05) is 91.7 Å². The highest BCUT2D eigenvalue weighted by Gasteiger charge is 2.48. The largest absolute Gasteiger partial charge is 0.416 e. The Bertz CT molecular complexity index is 1730. The van der Waals surface area contributed by atoms with Crippen LogP contribution < -0.4 is 16.0 Å². The van der Waals surface area contributed by atoms with Crippen molar-refractivity contribution in [2.45, 2.75) is 49.7 Å². The molecule has 12 heteroatoms. The fourth-order valence-electron chi connectivity index (χ4n) is 6.47. The van der Waals surface area contributed by atoms with Gasteiger partial charge in [-0.25, -0.2) is 0 Å². The van der Waals surface area contributed by atoms with Crippen molar-refractivity contribution in [3.05, 3.63) is 119 Å². The summed E-state index contributed by atoms with van der Waals surface area (Å²) in [7, 11) is 0. The van der Waals surface area contributed by atoms with Crippen LogP contribution in [0.2, 0.25) is 0 Å². The maximum atomic E-state index is 13.1. The first-order valence-electron chi connectivity index (χ1n) is 15.8. The average molecular weight is 684 g/mol. The highest BCUT2D eigenvalue weighted by atomic mass is 19.4. The number of unbranched alkanes of at least 4 members (excludes halogenated alkanes) is 2. The molecular weight excluding hydrogens is 648 g/mol. The third-order valence-electron chi connectivity index (χ3n) is 8.74. The van der Waals surface area contributed by atoms with E-state index in [9.17, 15) is 41.0 Å². The zero-order valence-corrected chi connectivity index (χ0v) is 26.3. The van der Waals surface area contributed by atoms with Crippen LogP contribution in [0.1, 0.15) is 52.7 Å². The van der Waals surface area contributed by atoms with Crippen molar-refractivity contribution in [1.82, 2.24) is 16.0 Å². The predicted octanol–water partition coefficient (Wildman–Crippen LogP) is 7.22. The van der Waals surface area contributed by atoms with Gasteiger partial charge in [0.1, 0.15) is 6.23 Å². The number of benzene rings is 4. The predicted molar refractivity (Wildman–Crippen MR) is 173 cm³/mol. The number of carbonyl (C=O) groups is 2. The average Bonchev–Trinajstić information content (AvgIpc) is 3.37. The third kappa shape index (κ3) is 8.14. The topological polar surface area (TPSA) is 90.5 Å². The summed E-state index contributed by atoms with van der Waals surface area (Å²) in [6.45, 7) is -1.39. The number of halogens is 6. The minimum absolute atomic E-state index is 0.200. The Morgan fingerprint density at radius 3 is 1.86 bits per heavy atom. The lowest BCUT2D eigenvalue weighted by atomic mass is 9.72. The van der Waals surface area contributed by atoms with E-state index >= 15 is 0 Å². The number of alkyl halides is 6. The Morgan fingerprint density at radius 2 is 1.27 bits per heavy atom. The third-order valence-corrected chi connectivity index (χ3v) is 8.74. The smallest absolute Gasteiger partial charge is 0.377 e. The number of amides is 2. The second-order valence-corrected chi connectivity index (χ2v) is 11.9. The van der Waals surface area contributed by atoms with Gasteiger partial charge < -0.3 is 15.7 Å². The molecule has 1 aliphatic rings. The number of aliphatic hydroxyl groups is 1. The first-order valence-corrected chi connectivity index (χ1v) is 15.8. The molecule has 0 aromatic heterocycles. The number of hydrogen-bond donors (Lipinski definition) is 4. The van der Waals surface area contributed by atoms with Crippen LogP contribution in [0.5, 0.6) is 0 Å². The molecule has 0 saturated carbocycles. The molecule has 0 aliphatic heterocycles. The molecule has 0 saturated heterocycles. The lowest BCUT2D eigenvalue weighted by Gasteiger charge is -2.37. The molecule has 0 spiro atoms. The van der Waals surface area contributed by atoms with Crippen LogP contribution >= 0.6 is 0 Å². The molecule has 4 N–H and O–H groups in total. The van der Waals surface area contributed by atoms with Crippen LogP contribution in [0.3, 0.4) is 0 Å². The van der Waals surface area contributed by atoms with Crippen LogP contribution in [0, 0.1) is 0 Å². The van der Waals surface area contributed by atoms with Gasteiger partial charge in [0, 0.05) is 12.1 Å². The quantitative estimate of drug-likeness (QED) is 0.0681. The molecule has 4 aromatic rings. The molecular formula is C37H35F6N3O3. The Labute approximate surface area is 279 Å². The summed E-state index contributed by atoms with van der Waals surface area (Å²) < 4.78 is 78.3. The maximum absolute atomic E-state index is 13.1.